The predicted molar refractivity (Wildman–Crippen MR) is 70.7 cm³/mol. The monoisotopic (exact) mass is 274 g/mol. The second-order valence-corrected chi connectivity index (χ2v) is 5.14. The van der Waals surface area contributed by atoms with Gasteiger partial charge in [0.15, 0.2) is 0 Å². The quantitative estimate of drug-likeness (QED) is 0.779. The van der Waals surface area contributed by atoms with E-state index < -0.39 is 0 Å². The van der Waals surface area contributed by atoms with Crippen LogP contribution in [0.25, 0.3) is 0 Å². The van der Waals surface area contributed by atoms with E-state index in [1.54, 1.807) is 6.07 Å². The van der Waals surface area contributed by atoms with Crippen LogP contribution < -0.4 is 0 Å². The molecule has 0 N–H and O–H groups in total. The highest BCUT2D eigenvalue weighted by atomic mass is 35.5. The fraction of sp³-hybridized carbons (Fsp3) is 0.462. The summed E-state index contributed by atoms with van der Waals surface area (Å²) in [5.74, 6) is 0.162. The zero-order valence-electron chi connectivity index (χ0n) is 10.2. The lowest BCUT2D eigenvalue weighted by molar-refractivity contribution is -0.139. The van der Waals surface area contributed by atoms with Crippen LogP contribution in [0, 0.1) is 5.92 Å². The van der Waals surface area contributed by atoms with E-state index in [4.69, 9.17) is 23.2 Å². The number of methoxy groups -OCH3 is 1. The largest absolute Gasteiger partial charge is 0.469 e. The predicted octanol–water partition coefficient (Wildman–Crippen LogP) is 3.91. The Balaban J connectivity index is 3.06. The minimum Gasteiger partial charge on any atom is -0.469 e. The number of carbonyl (C=O) groups is 1. The molecule has 0 atom stereocenters. The first-order valence-electron chi connectivity index (χ1n) is 5.48. The van der Waals surface area contributed by atoms with E-state index in [2.05, 4.69) is 18.6 Å². The number of esters is 1. The van der Waals surface area contributed by atoms with Gasteiger partial charge in [-0.3, -0.25) is 4.79 Å². The Morgan fingerprint density at radius 2 is 2.00 bits per heavy atom. The van der Waals surface area contributed by atoms with E-state index >= 15 is 0 Å². The van der Waals surface area contributed by atoms with E-state index in [1.807, 2.05) is 6.07 Å². The van der Waals surface area contributed by atoms with Gasteiger partial charge in [-0.05, 0) is 24.0 Å². The van der Waals surface area contributed by atoms with Crippen molar-refractivity contribution in [2.45, 2.75) is 26.7 Å². The number of ether oxygens (including phenoxy) is 1. The van der Waals surface area contributed by atoms with Crippen molar-refractivity contribution in [3.05, 3.63) is 33.3 Å². The minimum absolute atomic E-state index is 0.111. The van der Waals surface area contributed by atoms with Gasteiger partial charge in [0.2, 0.25) is 0 Å². The molecular formula is C13H16Cl2O2. The van der Waals surface area contributed by atoms with Crippen molar-refractivity contribution < 1.29 is 9.53 Å². The van der Waals surface area contributed by atoms with E-state index in [1.165, 1.54) is 7.11 Å². The molecule has 0 unspecified atom stereocenters. The number of halogens is 2. The highest BCUT2D eigenvalue weighted by Crippen LogP contribution is 2.30. The zero-order valence-corrected chi connectivity index (χ0v) is 11.7. The molecule has 4 heteroatoms. The standard InChI is InChI=1S/C13H16Cl2O2/c1-8(2)6-9-4-5-11(14)10(13(9)15)7-12(16)17-3/h4-5,8H,6-7H2,1-3H3. The highest BCUT2D eigenvalue weighted by molar-refractivity contribution is 6.36. The smallest absolute Gasteiger partial charge is 0.310 e. The molecule has 1 aromatic rings. The molecule has 0 aliphatic rings. The van der Waals surface area contributed by atoms with Crippen LogP contribution in [0.1, 0.15) is 25.0 Å². The first-order chi connectivity index (χ1) is 7.95. The Morgan fingerprint density at radius 1 is 1.35 bits per heavy atom. The van der Waals surface area contributed by atoms with E-state index in [0.717, 1.165) is 12.0 Å². The summed E-state index contributed by atoms with van der Waals surface area (Å²) in [6.07, 6.45) is 0.976. The molecule has 0 heterocycles. The Bertz CT molecular complexity index is 414. The SMILES string of the molecule is COC(=O)Cc1c(Cl)ccc(CC(C)C)c1Cl. The average molecular weight is 275 g/mol. The van der Waals surface area contributed by atoms with E-state index in [9.17, 15) is 4.79 Å². The molecule has 0 spiro atoms. The maximum Gasteiger partial charge on any atom is 0.310 e. The Hall–Kier alpha value is -0.730. The molecule has 0 aliphatic heterocycles. The second-order valence-electron chi connectivity index (χ2n) is 4.35. The lowest BCUT2D eigenvalue weighted by Gasteiger charge is -2.12. The third-order valence-electron chi connectivity index (χ3n) is 2.44. The van der Waals surface area contributed by atoms with Crippen molar-refractivity contribution in [2.24, 2.45) is 5.92 Å². The van der Waals surface area contributed by atoms with Gasteiger partial charge in [-0.25, -0.2) is 0 Å². The highest BCUT2D eigenvalue weighted by Gasteiger charge is 2.15. The zero-order chi connectivity index (χ0) is 13.0. The summed E-state index contributed by atoms with van der Waals surface area (Å²) >= 11 is 12.3. The fourth-order valence-corrected chi connectivity index (χ4v) is 2.20. The molecule has 1 aromatic carbocycles. The summed E-state index contributed by atoms with van der Waals surface area (Å²) in [7, 11) is 1.35. The summed E-state index contributed by atoms with van der Waals surface area (Å²) in [5.41, 5.74) is 1.67. The molecule has 0 aromatic heterocycles. The molecule has 94 valence electrons. The maximum absolute atomic E-state index is 11.3. The molecule has 2 nitrogen and oxygen atoms in total. The number of rotatable bonds is 4. The fourth-order valence-electron chi connectivity index (χ4n) is 1.62. The first kappa shape index (κ1) is 14.3. The molecule has 0 saturated heterocycles. The Labute approximate surface area is 112 Å². The van der Waals surface area contributed by atoms with Gasteiger partial charge in [-0.15, -0.1) is 0 Å². The molecule has 0 saturated carbocycles. The maximum atomic E-state index is 11.3. The summed E-state index contributed by atoms with van der Waals surface area (Å²) in [6.45, 7) is 4.23. The molecular weight excluding hydrogens is 259 g/mol. The number of benzene rings is 1. The van der Waals surface area contributed by atoms with Crippen LogP contribution in [0.4, 0.5) is 0 Å². The van der Waals surface area contributed by atoms with Crippen molar-refractivity contribution in [1.82, 2.24) is 0 Å². The minimum atomic E-state index is -0.338. The van der Waals surface area contributed by atoms with Gasteiger partial charge in [0.25, 0.3) is 0 Å². The topological polar surface area (TPSA) is 26.3 Å². The molecule has 0 aliphatic carbocycles. The second kappa shape index (κ2) is 6.27. The van der Waals surface area contributed by atoms with Gasteiger partial charge in [-0.2, -0.15) is 0 Å². The molecule has 0 bridgehead atoms. The lowest BCUT2D eigenvalue weighted by Crippen LogP contribution is -2.07. The van der Waals surface area contributed by atoms with Crippen molar-refractivity contribution >= 4 is 29.2 Å². The van der Waals surface area contributed by atoms with Crippen molar-refractivity contribution in [2.75, 3.05) is 7.11 Å². The third-order valence-corrected chi connectivity index (χ3v) is 3.27. The lowest BCUT2D eigenvalue weighted by atomic mass is 9.99. The molecule has 0 radical (unpaired) electrons. The van der Waals surface area contributed by atoms with E-state index in [0.29, 0.717) is 21.5 Å². The van der Waals surface area contributed by atoms with Crippen molar-refractivity contribution in [1.29, 1.82) is 0 Å². The first-order valence-corrected chi connectivity index (χ1v) is 6.23. The summed E-state index contributed by atoms with van der Waals surface area (Å²) < 4.78 is 4.63. The van der Waals surface area contributed by atoms with Gasteiger partial charge < -0.3 is 4.74 Å². The van der Waals surface area contributed by atoms with Crippen LogP contribution in [0.5, 0.6) is 0 Å². The van der Waals surface area contributed by atoms with Crippen LogP contribution in [-0.2, 0) is 22.4 Å². The Kier molecular flexibility index (Phi) is 5.29. The number of hydrogen-bond donors (Lipinski definition) is 0. The van der Waals surface area contributed by atoms with E-state index in [-0.39, 0.29) is 12.4 Å². The molecule has 0 amide bonds. The molecule has 0 fully saturated rings. The number of carbonyl (C=O) groups excluding carboxylic acids is 1. The van der Waals surface area contributed by atoms with Crippen molar-refractivity contribution in [3.8, 4) is 0 Å². The van der Waals surface area contributed by atoms with Crippen LogP contribution in [0.15, 0.2) is 12.1 Å². The van der Waals surface area contributed by atoms with Crippen LogP contribution in [-0.4, -0.2) is 13.1 Å². The van der Waals surface area contributed by atoms with Crippen LogP contribution in [0.3, 0.4) is 0 Å². The van der Waals surface area contributed by atoms with Crippen molar-refractivity contribution in [3.63, 3.8) is 0 Å². The van der Waals surface area contributed by atoms with Gasteiger partial charge in [-0.1, -0.05) is 43.1 Å². The average Bonchev–Trinajstić information content (AvgIpc) is 2.27. The molecule has 1 rings (SSSR count). The normalized spacial score (nSPS) is 10.7. The summed E-state index contributed by atoms with van der Waals surface area (Å²) in [5, 5.41) is 1.09. The summed E-state index contributed by atoms with van der Waals surface area (Å²) in [6, 6.07) is 3.69. The Morgan fingerprint density at radius 3 is 2.53 bits per heavy atom. The summed E-state index contributed by atoms with van der Waals surface area (Å²) in [4.78, 5) is 11.3. The van der Waals surface area contributed by atoms with Gasteiger partial charge >= 0.3 is 5.97 Å². The van der Waals surface area contributed by atoms with Gasteiger partial charge in [0.1, 0.15) is 0 Å². The number of hydrogen-bond acceptors (Lipinski definition) is 2. The molecule has 17 heavy (non-hydrogen) atoms. The van der Waals surface area contributed by atoms with Gasteiger partial charge in [0, 0.05) is 15.6 Å². The van der Waals surface area contributed by atoms with Crippen LogP contribution in [0.2, 0.25) is 10.0 Å². The van der Waals surface area contributed by atoms with Gasteiger partial charge in [0.05, 0.1) is 13.5 Å². The van der Waals surface area contributed by atoms with Crippen LogP contribution >= 0.6 is 23.2 Å². The third kappa shape index (κ3) is 3.90.